The van der Waals surface area contributed by atoms with Gasteiger partial charge in [-0.2, -0.15) is 0 Å². The molecule has 1 aliphatic rings. The number of nitrogens with zero attached hydrogens (tertiary/aromatic N) is 2. The van der Waals surface area contributed by atoms with Gasteiger partial charge in [-0.3, -0.25) is 4.79 Å². The minimum absolute atomic E-state index is 0.121. The molecule has 1 aliphatic heterocycles. The Morgan fingerprint density at radius 2 is 1.76 bits per heavy atom. The lowest BCUT2D eigenvalue weighted by molar-refractivity contribution is 0.0141. The largest absolute Gasteiger partial charge is 0.444 e. The van der Waals surface area contributed by atoms with E-state index >= 15 is 0 Å². The quantitative estimate of drug-likeness (QED) is 0.775. The van der Waals surface area contributed by atoms with Crippen molar-refractivity contribution in [2.75, 3.05) is 26.2 Å². The average Bonchev–Trinajstić information content (AvgIpc) is 2.98. The van der Waals surface area contributed by atoms with Crippen LogP contribution in [0, 0.1) is 5.82 Å². The third-order valence-corrected chi connectivity index (χ3v) is 5.03. The van der Waals surface area contributed by atoms with Gasteiger partial charge >= 0.3 is 6.09 Å². The number of ether oxygens (including phenoxy) is 1. The fraction of sp³-hybridized carbons (Fsp3) is 0.444. The first kappa shape index (κ1) is 17.7. The zero-order valence-electron chi connectivity index (χ0n) is 14.5. The van der Waals surface area contributed by atoms with Crippen LogP contribution >= 0.6 is 11.3 Å². The molecule has 0 unspecified atom stereocenters. The topological polar surface area (TPSA) is 49.9 Å². The number of fused-ring (bicyclic) bond motifs is 1. The van der Waals surface area contributed by atoms with Gasteiger partial charge in [0.1, 0.15) is 11.4 Å². The maximum Gasteiger partial charge on any atom is 0.410 e. The summed E-state index contributed by atoms with van der Waals surface area (Å²) in [5.41, 5.74) is -0.537. The molecule has 2 amide bonds. The Bertz CT molecular complexity index is 804. The Morgan fingerprint density at radius 1 is 1.12 bits per heavy atom. The molecule has 1 fully saturated rings. The van der Waals surface area contributed by atoms with Crippen molar-refractivity contribution in [3.05, 3.63) is 35.0 Å². The molecule has 1 aromatic carbocycles. The summed E-state index contributed by atoms with van der Waals surface area (Å²) in [7, 11) is 0. The highest BCUT2D eigenvalue weighted by atomic mass is 32.1. The zero-order valence-corrected chi connectivity index (χ0v) is 15.4. The summed E-state index contributed by atoms with van der Waals surface area (Å²) in [6.45, 7) is 7.21. The van der Waals surface area contributed by atoms with Gasteiger partial charge in [0, 0.05) is 36.3 Å². The molecule has 7 heteroatoms. The molecule has 2 aromatic rings. The van der Waals surface area contributed by atoms with Crippen LogP contribution < -0.4 is 0 Å². The minimum atomic E-state index is -0.537. The van der Waals surface area contributed by atoms with Crippen LogP contribution in [0.2, 0.25) is 0 Å². The van der Waals surface area contributed by atoms with Gasteiger partial charge in [0.25, 0.3) is 5.91 Å². The first-order valence-electron chi connectivity index (χ1n) is 8.20. The van der Waals surface area contributed by atoms with Crippen LogP contribution in [0.4, 0.5) is 9.18 Å². The lowest BCUT2D eigenvalue weighted by Gasteiger charge is -2.35. The van der Waals surface area contributed by atoms with E-state index in [9.17, 15) is 14.0 Å². The molecular formula is C18H21FN2O3S. The predicted molar refractivity (Wildman–Crippen MR) is 95.5 cm³/mol. The number of thiophene rings is 1. The number of piperazine rings is 1. The van der Waals surface area contributed by atoms with Crippen LogP contribution in [0.25, 0.3) is 10.1 Å². The number of carbonyl (C=O) groups excluding carboxylic acids is 2. The molecule has 134 valence electrons. The second-order valence-corrected chi connectivity index (χ2v) is 8.11. The first-order valence-corrected chi connectivity index (χ1v) is 9.01. The highest BCUT2D eigenvalue weighted by molar-refractivity contribution is 7.20. The molecule has 0 aliphatic carbocycles. The molecular weight excluding hydrogens is 343 g/mol. The van der Waals surface area contributed by atoms with Gasteiger partial charge in [0.05, 0.1) is 4.88 Å². The Kier molecular flexibility index (Phi) is 4.69. The van der Waals surface area contributed by atoms with E-state index in [0.29, 0.717) is 36.4 Å². The number of hydrogen-bond acceptors (Lipinski definition) is 4. The van der Waals surface area contributed by atoms with Crippen molar-refractivity contribution in [3.63, 3.8) is 0 Å². The number of amides is 2. The molecule has 1 saturated heterocycles. The van der Waals surface area contributed by atoms with Crippen LogP contribution in [-0.4, -0.2) is 53.6 Å². The van der Waals surface area contributed by atoms with E-state index in [4.69, 9.17) is 4.74 Å². The predicted octanol–water partition coefficient (Wildman–Crippen LogP) is 3.73. The standard InChI is InChI=1S/C18H21FN2O3S/c1-18(2,3)24-17(23)21-9-7-20(8-10-21)16(22)15-11-12-13(19)5-4-6-14(12)25-15/h4-6,11H,7-10H2,1-3H3. The molecule has 2 heterocycles. The van der Waals surface area contributed by atoms with Crippen molar-refractivity contribution in [1.82, 2.24) is 9.80 Å². The molecule has 5 nitrogen and oxygen atoms in total. The molecule has 0 atom stereocenters. The fourth-order valence-electron chi connectivity index (χ4n) is 2.71. The molecule has 1 aromatic heterocycles. The Hall–Kier alpha value is -2.15. The van der Waals surface area contributed by atoms with E-state index in [1.165, 1.54) is 17.4 Å². The van der Waals surface area contributed by atoms with Crippen molar-refractivity contribution < 1.29 is 18.7 Å². The number of hydrogen-bond donors (Lipinski definition) is 0. The summed E-state index contributed by atoms with van der Waals surface area (Å²) in [6.07, 6.45) is -0.358. The smallest absolute Gasteiger partial charge is 0.410 e. The van der Waals surface area contributed by atoms with E-state index in [-0.39, 0.29) is 17.8 Å². The summed E-state index contributed by atoms with van der Waals surface area (Å²) in [4.78, 5) is 28.6. The highest BCUT2D eigenvalue weighted by Gasteiger charge is 2.28. The normalized spacial score (nSPS) is 15.5. The second-order valence-electron chi connectivity index (χ2n) is 7.02. The summed E-state index contributed by atoms with van der Waals surface area (Å²) in [5.74, 6) is -0.438. The van der Waals surface area contributed by atoms with Crippen molar-refractivity contribution in [1.29, 1.82) is 0 Å². The van der Waals surface area contributed by atoms with Gasteiger partial charge in [-0.05, 0) is 39.0 Å². The third kappa shape index (κ3) is 3.92. The Morgan fingerprint density at radius 3 is 2.36 bits per heavy atom. The van der Waals surface area contributed by atoms with Crippen LogP contribution in [0.1, 0.15) is 30.4 Å². The zero-order chi connectivity index (χ0) is 18.2. The maximum atomic E-state index is 13.8. The highest BCUT2D eigenvalue weighted by Crippen LogP contribution is 2.28. The summed E-state index contributed by atoms with van der Waals surface area (Å²) in [6, 6.07) is 6.45. The number of benzene rings is 1. The van der Waals surface area contributed by atoms with Crippen molar-refractivity contribution in [2.45, 2.75) is 26.4 Å². The van der Waals surface area contributed by atoms with E-state index in [2.05, 4.69) is 0 Å². The van der Waals surface area contributed by atoms with Gasteiger partial charge in [-0.1, -0.05) is 6.07 Å². The maximum absolute atomic E-state index is 13.8. The first-order chi connectivity index (χ1) is 11.7. The molecule has 3 rings (SSSR count). The van der Waals surface area contributed by atoms with E-state index in [1.54, 1.807) is 28.0 Å². The van der Waals surface area contributed by atoms with Gasteiger partial charge in [0.15, 0.2) is 0 Å². The number of carbonyl (C=O) groups is 2. The van der Waals surface area contributed by atoms with E-state index in [1.807, 2.05) is 20.8 Å². The molecule has 0 spiro atoms. The molecule has 0 bridgehead atoms. The van der Waals surface area contributed by atoms with Crippen LogP contribution in [-0.2, 0) is 4.74 Å². The molecule has 25 heavy (non-hydrogen) atoms. The summed E-state index contributed by atoms with van der Waals surface area (Å²) >= 11 is 1.29. The molecule has 0 N–H and O–H groups in total. The van der Waals surface area contributed by atoms with Gasteiger partial charge in [0.2, 0.25) is 0 Å². The number of rotatable bonds is 1. The molecule has 0 saturated carbocycles. The monoisotopic (exact) mass is 364 g/mol. The van der Waals surface area contributed by atoms with E-state index < -0.39 is 5.60 Å². The van der Waals surface area contributed by atoms with Crippen LogP contribution in [0.3, 0.4) is 0 Å². The Balaban J connectivity index is 1.65. The van der Waals surface area contributed by atoms with Crippen LogP contribution in [0.15, 0.2) is 24.3 Å². The SMILES string of the molecule is CC(C)(C)OC(=O)N1CCN(C(=O)c2cc3c(F)cccc3s2)CC1. The average molecular weight is 364 g/mol. The Labute approximate surface area is 150 Å². The minimum Gasteiger partial charge on any atom is -0.444 e. The summed E-state index contributed by atoms with van der Waals surface area (Å²) < 4.78 is 19.9. The van der Waals surface area contributed by atoms with Crippen molar-refractivity contribution >= 4 is 33.4 Å². The van der Waals surface area contributed by atoms with E-state index in [0.717, 1.165) is 4.70 Å². The third-order valence-electron chi connectivity index (χ3n) is 3.94. The lowest BCUT2D eigenvalue weighted by atomic mass is 10.2. The molecule has 0 radical (unpaired) electrons. The van der Waals surface area contributed by atoms with Gasteiger partial charge < -0.3 is 14.5 Å². The number of halogens is 1. The van der Waals surface area contributed by atoms with Crippen LogP contribution in [0.5, 0.6) is 0 Å². The van der Waals surface area contributed by atoms with Gasteiger partial charge in [-0.15, -0.1) is 11.3 Å². The van der Waals surface area contributed by atoms with Crippen molar-refractivity contribution in [2.24, 2.45) is 0 Å². The second kappa shape index (κ2) is 6.63. The summed E-state index contributed by atoms with van der Waals surface area (Å²) in [5, 5.41) is 0.475. The fourth-order valence-corrected chi connectivity index (χ4v) is 3.75. The lowest BCUT2D eigenvalue weighted by Crippen LogP contribution is -2.51. The van der Waals surface area contributed by atoms with Crippen molar-refractivity contribution in [3.8, 4) is 0 Å². The van der Waals surface area contributed by atoms with Gasteiger partial charge in [-0.25, -0.2) is 9.18 Å².